The van der Waals surface area contributed by atoms with Crippen molar-refractivity contribution in [3.63, 3.8) is 0 Å². The molecule has 160 valence electrons. The number of aromatic nitrogens is 4. The van der Waals surface area contributed by atoms with Crippen molar-refractivity contribution in [2.24, 2.45) is 5.92 Å². The molecule has 3 aromatic heterocycles. The summed E-state index contributed by atoms with van der Waals surface area (Å²) in [6.45, 7) is 2.79. The van der Waals surface area contributed by atoms with Gasteiger partial charge in [0, 0.05) is 11.4 Å². The second-order valence-corrected chi connectivity index (χ2v) is 9.89. The first-order chi connectivity index (χ1) is 15.1. The van der Waals surface area contributed by atoms with E-state index in [0.29, 0.717) is 11.7 Å². The van der Waals surface area contributed by atoms with Crippen LogP contribution in [-0.4, -0.2) is 38.4 Å². The van der Waals surface area contributed by atoms with Crippen molar-refractivity contribution in [1.82, 2.24) is 24.9 Å². The van der Waals surface area contributed by atoms with E-state index in [-0.39, 0.29) is 11.7 Å². The summed E-state index contributed by atoms with van der Waals surface area (Å²) in [5.41, 5.74) is 3.26. The van der Waals surface area contributed by atoms with Crippen LogP contribution in [0.15, 0.2) is 35.7 Å². The summed E-state index contributed by atoms with van der Waals surface area (Å²) < 4.78 is 7.07. The first-order valence-electron chi connectivity index (χ1n) is 10.3. The number of hydrogen-bond acceptors (Lipinski definition) is 7. The molecule has 9 heteroatoms. The number of ether oxygens (including phenoxy) is 1. The largest absolute Gasteiger partial charge is 0.497 e. The average Bonchev–Trinajstić information content (AvgIpc) is 3.36. The second-order valence-electron chi connectivity index (χ2n) is 7.87. The molecule has 4 aromatic rings. The smallest absolute Gasteiger partial charge is 0.230 e. The van der Waals surface area contributed by atoms with Gasteiger partial charge in [-0.2, -0.15) is 0 Å². The normalized spacial score (nSPS) is 15.9. The number of nitrogens with one attached hydrogen (secondary N) is 1. The molecule has 31 heavy (non-hydrogen) atoms. The van der Waals surface area contributed by atoms with E-state index in [1.807, 2.05) is 28.7 Å². The van der Waals surface area contributed by atoms with E-state index in [1.54, 1.807) is 24.8 Å². The van der Waals surface area contributed by atoms with Crippen molar-refractivity contribution in [2.75, 3.05) is 12.9 Å². The fourth-order valence-electron chi connectivity index (χ4n) is 3.94. The van der Waals surface area contributed by atoms with E-state index in [9.17, 15) is 4.79 Å². The Labute approximate surface area is 188 Å². The third kappa shape index (κ3) is 3.99. The molecule has 7 nitrogen and oxygen atoms in total. The lowest BCUT2D eigenvalue weighted by Gasteiger charge is -2.17. The van der Waals surface area contributed by atoms with Crippen LogP contribution in [0.1, 0.15) is 29.3 Å². The van der Waals surface area contributed by atoms with E-state index in [1.165, 1.54) is 28.6 Å². The number of carbonyl (C=O) groups excluding carboxylic acids is 1. The summed E-state index contributed by atoms with van der Waals surface area (Å²) >= 11 is 3.16. The van der Waals surface area contributed by atoms with Gasteiger partial charge in [0.25, 0.3) is 0 Å². The molecule has 0 fully saturated rings. The van der Waals surface area contributed by atoms with Crippen molar-refractivity contribution in [3.8, 4) is 5.75 Å². The third-order valence-corrected chi connectivity index (χ3v) is 7.76. The van der Waals surface area contributed by atoms with Gasteiger partial charge in [0.05, 0.1) is 18.2 Å². The lowest BCUT2D eigenvalue weighted by molar-refractivity contribution is -0.118. The Kier molecular flexibility index (Phi) is 5.54. The third-order valence-electron chi connectivity index (χ3n) is 5.65. The summed E-state index contributed by atoms with van der Waals surface area (Å²) in [7, 11) is 1.64. The van der Waals surface area contributed by atoms with Crippen LogP contribution in [0, 0.1) is 5.92 Å². The number of thiophene rings is 1. The quantitative estimate of drug-likeness (QED) is 0.446. The summed E-state index contributed by atoms with van der Waals surface area (Å²) in [4.78, 5) is 19.5. The lowest BCUT2D eigenvalue weighted by atomic mass is 9.89. The molecule has 1 amide bonds. The van der Waals surface area contributed by atoms with Crippen LogP contribution < -0.4 is 10.1 Å². The number of hydrogen-bond donors (Lipinski definition) is 1. The Morgan fingerprint density at radius 2 is 2.16 bits per heavy atom. The molecule has 0 bridgehead atoms. The zero-order valence-corrected chi connectivity index (χ0v) is 19.1. The SMILES string of the molecule is COc1ccc(CNC(=O)CSc2nnc3c4c5c(sc4ncn23)CC(C)CC5)cc1. The number of nitrogens with zero attached hydrogens (tertiary/aromatic N) is 4. The highest BCUT2D eigenvalue weighted by Gasteiger charge is 2.24. The number of carbonyl (C=O) groups is 1. The molecule has 1 atom stereocenters. The number of fused-ring (bicyclic) bond motifs is 5. The number of rotatable bonds is 6. The molecule has 0 radical (unpaired) electrons. The fraction of sp³-hybridized carbons (Fsp3) is 0.364. The molecular weight excluding hydrogens is 430 g/mol. The molecule has 1 unspecified atom stereocenters. The summed E-state index contributed by atoms with van der Waals surface area (Å²) in [6, 6.07) is 7.65. The molecular formula is C22H23N5O2S2. The van der Waals surface area contributed by atoms with Gasteiger partial charge in [-0.05, 0) is 48.4 Å². The van der Waals surface area contributed by atoms with Crippen molar-refractivity contribution in [3.05, 3.63) is 46.6 Å². The van der Waals surface area contributed by atoms with Crippen LogP contribution >= 0.6 is 23.1 Å². The molecule has 1 aliphatic carbocycles. The molecule has 5 rings (SSSR count). The summed E-state index contributed by atoms with van der Waals surface area (Å²) in [6.07, 6.45) is 5.16. The molecule has 0 aliphatic heterocycles. The number of amides is 1. The van der Waals surface area contributed by atoms with E-state index >= 15 is 0 Å². The van der Waals surface area contributed by atoms with E-state index in [0.717, 1.165) is 45.9 Å². The molecule has 0 saturated heterocycles. The van der Waals surface area contributed by atoms with Gasteiger partial charge in [-0.15, -0.1) is 21.5 Å². The fourth-order valence-corrected chi connectivity index (χ4v) is 6.02. The molecule has 1 aromatic carbocycles. The van der Waals surface area contributed by atoms with Gasteiger partial charge in [-0.1, -0.05) is 30.8 Å². The number of thioether (sulfide) groups is 1. The van der Waals surface area contributed by atoms with Crippen LogP contribution in [0.25, 0.3) is 15.9 Å². The van der Waals surface area contributed by atoms with Gasteiger partial charge < -0.3 is 10.1 Å². The first kappa shape index (κ1) is 20.3. The number of methoxy groups -OCH3 is 1. The number of aryl methyl sites for hydroxylation is 1. The summed E-state index contributed by atoms with van der Waals surface area (Å²) in [5, 5.41) is 13.6. The van der Waals surface area contributed by atoms with Gasteiger partial charge in [-0.3, -0.25) is 9.20 Å². The minimum Gasteiger partial charge on any atom is -0.497 e. The topological polar surface area (TPSA) is 81.4 Å². The standard InChI is InChI=1S/C22H23N5O2S2/c1-13-3-8-16-17(9-13)31-21-19(16)20-25-26-22(27(20)12-24-21)30-11-18(28)23-10-14-4-6-15(29-2)7-5-14/h4-7,12-13H,3,8-11H2,1-2H3,(H,23,28). The maximum Gasteiger partial charge on any atom is 0.230 e. The van der Waals surface area contributed by atoms with E-state index in [2.05, 4.69) is 27.4 Å². The molecule has 0 saturated carbocycles. The highest BCUT2D eigenvalue weighted by atomic mass is 32.2. The van der Waals surface area contributed by atoms with Crippen LogP contribution in [-0.2, 0) is 24.2 Å². The van der Waals surface area contributed by atoms with Crippen molar-refractivity contribution < 1.29 is 9.53 Å². The van der Waals surface area contributed by atoms with E-state index < -0.39 is 0 Å². The predicted molar refractivity (Wildman–Crippen MR) is 123 cm³/mol. The Morgan fingerprint density at radius 1 is 1.32 bits per heavy atom. The zero-order valence-electron chi connectivity index (χ0n) is 17.4. The Balaban J connectivity index is 1.28. The minimum absolute atomic E-state index is 0.0477. The van der Waals surface area contributed by atoms with Gasteiger partial charge >= 0.3 is 0 Å². The number of benzene rings is 1. The highest BCUT2D eigenvalue weighted by molar-refractivity contribution is 7.99. The van der Waals surface area contributed by atoms with Crippen LogP contribution in [0.4, 0.5) is 0 Å². The maximum atomic E-state index is 12.3. The van der Waals surface area contributed by atoms with Crippen LogP contribution in [0.5, 0.6) is 5.75 Å². The Bertz CT molecular complexity index is 1250. The van der Waals surface area contributed by atoms with Crippen molar-refractivity contribution in [1.29, 1.82) is 0 Å². The summed E-state index contributed by atoms with van der Waals surface area (Å²) in [5.74, 6) is 1.74. The van der Waals surface area contributed by atoms with Gasteiger partial charge in [0.2, 0.25) is 5.91 Å². The molecule has 1 N–H and O–H groups in total. The van der Waals surface area contributed by atoms with Gasteiger partial charge in [-0.25, -0.2) is 4.98 Å². The van der Waals surface area contributed by atoms with Gasteiger partial charge in [0.15, 0.2) is 10.8 Å². The second kappa shape index (κ2) is 8.47. The van der Waals surface area contributed by atoms with E-state index in [4.69, 9.17) is 4.74 Å². The Morgan fingerprint density at radius 3 is 2.97 bits per heavy atom. The van der Waals surface area contributed by atoms with Crippen molar-refractivity contribution >= 4 is 44.9 Å². The molecule has 0 spiro atoms. The van der Waals surface area contributed by atoms with Crippen molar-refractivity contribution in [2.45, 2.75) is 37.9 Å². The monoisotopic (exact) mass is 453 g/mol. The predicted octanol–water partition coefficient (Wildman–Crippen LogP) is 3.88. The maximum absolute atomic E-state index is 12.3. The Hall–Kier alpha value is -2.65. The zero-order chi connectivity index (χ0) is 21.4. The first-order valence-corrected chi connectivity index (χ1v) is 12.1. The highest BCUT2D eigenvalue weighted by Crippen LogP contribution is 2.39. The molecule has 1 aliphatic rings. The molecule has 3 heterocycles. The average molecular weight is 454 g/mol. The minimum atomic E-state index is -0.0477. The van der Waals surface area contributed by atoms with Crippen LogP contribution in [0.2, 0.25) is 0 Å². The van der Waals surface area contributed by atoms with Gasteiger partial charge in [0.1, 0.15) is 16.9 Å². The van der Waals surface area contributed by atoms with Crippen LogP contribution in [0.3, 0.4) is 0 Å². The lowest BCUT2D eigenvalue weighted by Crippen LogP contribution is -2.24.